The van der Waals surface area contributed by atoms with E-state index in [1.807, 2.05) is 41.3 Å². The molecule has 1 N–H and O–H groups in total. The molecule has 5 nitrogen and oxygen atoms in total. The largest absolute Gasteiger partial charge is 0.359 e. The lowest BCUT2D eigenvalue weighted by Crippen LogP contribution is -2.44. The zero-order valence-corrected chi connectivity index (χ0v) is 14.0. The van der Waals surface area contributed by atoms with Crippen LogP contribution in [-0.2, 0) is 16.0 Å². The van der Waals surface area contributed by atoms with Crippen molar-refractivity contribution in [3.05, 3.63) is 42.1 Å². The molecule has 0 aliphatic carbocycles. The number of hydrogen-bond donors (Lipinski definition) is 1. The van der Waals surface area contributed by atoms with Gasteiger partial charge in [-0.1, -0.05) is 24.3 Å². The van der Waals surface area contributed by atoms with E-state index in [4.69, 9.17) is 0 Å². The Hall–Kier alpha value is -2.43. The maximum atomic E-state index is 12.5. The zero-order valence-electron chi connectivity index (χ0n) is 14.0. The summed E-state index contributed by atoms with van der Waals surface area (Å²) in [5, 5.41) is 3.79. The summed E-state index contributed by atoms with van der Waals surface area (Å²) in [5.74, 6) is 0.0637. The first-order valence-electron chi connectivity index (χ1n) is 8.51. The van der Waals surface area contributed by atoms with Crippen LogP contribution in [0.25, 0.3) is 10.9 Å². The molecule has 1 atom stereocenters. The molecule has 0 radical (unpaired) electrons. The number of piperidine rings is 1. The molecule has 1 saturated heterocycles. The van der Waals surface area contributed by atoms with Crippen molar-refractivity contribution in [3.8, 4) is 0 Å². The van der Waals surface area contributed by atoms with E-state index in [0.717, 1.165) is 36.0 Å². The number of nitrogens with one attached hydrogen (secondary N) is 1. The van der Waals surface area contributed by atoms with Crippen LogP contribution in [0.2, 0.25) is 0 Å². The van der Waals surface area contributed by atoms with Crippen molar-refractivity contribution >= 4 is 22.7 Å². The Bertz CT molecular complexity index is 744. The van der Waals surface area contributed by atoms with Crippen LogP contribution in [0.1, 0.15) is 25.0 Å². The molecule has 2 aromatic rings. The van der Waals surface area contributed by atoms with E-state index in [-0.39, 0.29) is 17.7 Å². The summed E-state index contributed by atoms with van der Waals surface area (Å²) in [6, 6.07) is 12.0. The number of para-hydroxylation sites is 1. The van der Waals surface area contributed by atoms with Crippen molar-refractivity contribution in [1.29, 1.82) is 0 Å². The number of likely N-dealkylation sites (tertiary alicyclic amines) is 1. The van der Waals surface area contributed by atoms with Gasteiger partial charge in [0.1, 0.15) is 0 Å². The third kappa shape index (κ3) is 3.72. The highest BCUT2D eigenvalue weighted by atomic mass is 16.2. The minimum Gasteiger partial charge on any atom is -0.359 e. The average molecular weight is 325 g/mol. The Morgan fingerprint density at radius 2 is 2.08 bits per heavy atom. The fraction of sp³-hybridized carbons (Fsp3) is 0.421. The van der Waals surface area contributed by atoms with Crippen molar-refractivity contribution in [2.24, 2.45) is 5.92 Å². The average Bonchev–Trinajstić information content (AvgIpc) is 2.65. The molecule has 1 fully saturated rings. The molecule has 1 aromatic heterocycles. The number of amides is 2. The highest BCUT2D eigenvalue weighted by Crippen LogP contribution is 2.18. The second-order valence-electron chi connectivity index (χ2n) is 6.29. The van der Waals surface area contributed by atoms with Crippen molar-refractivity contribution in [2.75, 3.05) is 20.1 Å². The Balaban J connectivity index is 1.59. The lowest BCUT2D eigenvalue weighted by atomic mass is 9.97. The molecule has 3 rings (SSSR count). The van der Waals surface area contributed by atoms with Crippen molar-refractivity contribution in [1.82, 2.24) is 15.2 Å². The molecule has 2 heterocycles. The number of hydrogen-bond acceptors (Lipinski definition) is 3. The maximum absolute atomic E-state index is 12.5. The predicted octanol–water partition coefficient (Wildman–Crippen LogP) is 2.15. The van der Waals surface area contributed by atoms with E-state index in [9.17, 15) is 9.59 Å². The summed E-state index contributed by atoms with van der Waals surface area (Å²) >= 11 is 0. The van der Waals surface area contributed by atoms with Gasteiger partial charge in [0.05, 0.1) is 11.4 Å². The van der Waals surface area contributed by atoms with Crippen LogP contribution in [0.4, 0.5) is 0 Å². The number of carbonyl (C=O) groups excluding carboxylic acids is 2. The van der Waals surface area contributed by atoms with Gasteiger partial charge in [0.25, 0.3) is 0 Å². The van der Waals surface area contributed by atoms with Crippen LogP contribution in [0.15, 0.2) is 36.4 Å². The van der Waals surface area contributed by atoms with Gasteiger partial charge in [-0.3, -0.25) is 14.6 Å². The quantitative estimate of drug-likeness (QED) is 0.937. The summed E-state index contributed by atoms with van der Waals surface area (Å²) in [4.78, 5) is 30.7. The van der Waals surface area contributed by atoms with E-state index < -0.39 is 0 Å². The first-order valence-corrected chi connectivity index (χ1v) is 8.51. The minimum atomic E-state index is -0.0773. The van der Waals surface area contributed by atoms with Gasteiger partial charge in [-0.05, 0) is 31.4 Å². The van der Waals surface area contributed by atoms with Crippen LogP contribution < -0.4 is 5.32 Å². The second kappa shape index (κ2) is 7.43. The van der Waals surface area contributed by atoms with Gasteiger partial charge in [0.2, 0.25) is 11.8 Å². The van der Waals surface area contributed by atoms with Crippen LogP contribution in [-0.4, -0.2) is 41.8 Å². The summed E-state index contributed by atoms with van der Waals surface area (Å²) in [6.45, 7) is 1.28. The van der Waals surface area contributed by atoms with Gasteiger partial charge in [-0.25, -0.2) is 0 Å². The number of benzene rings is 1. The molecule has 5 heteroatoms. The highest BCUT2D eigenvalue weighted by Gasteiger charge is 2.27. The number of pyridine rings is 1. The minimum absolute atomic E-state index is 0.0312. The van der Waals surface area contributed by atoms with E-state index in [1.165, 1.54) is 0 Å². The summed E-state index contributed by atoms with van der Waals surface area (Å²) in [7, 11) is 1.65. The van der Waals surface area contributed by atoms with Gasteiger partial charge < -0.3 is 10.2 Å². The van der Waals surface area contributed by atoms with E-state index in [2.05, 4.69) is 10.3 Å². The molecule has 0 bridgehead atoms. The Morgan fingerprint density at radius 1 is 1.25 bits per heavy atom. The van der Waals surface area contributed by atoms with Gasteiger partial charge in [-0.2, -0.15) is 0 Å². The summed E-state index contributed by atoms with van der Waals surface area (Å²) in [6.07, 6.45) is 2.81. The fourth-order valence-corrected chi connectivity index (χ4v) is 3.26. The van der Waals surface area contributed by atoms with Crippen molar-refractivity contribution < 1.29 is 9.59 Å². The fourth-order valence-electron chi connectivity index (χ4n) is 3.26. The highest BCUT2D eigenvalue weighted by molar-refractivity contribution is 5.81. The summed E-state index contributed by atoms with van der Waals surface area (Å²) < 4.78 is 0. The van der Waals surface area contributed by atoms with Crippen LogP contribution in [0.5, 0.6) is 0 Å². The Kier molecular flexibility index (Phi) is 5.08. The predicted molar refractivity (Wildman–Crippen MR) is 93.4 cm³/mol. The molecular formula is C19H23N3O2. The molecule has 1 unspecified atom stereocenters. The molecule has 2 amide bonds. The van der Waals surface area contributed by atoms with Gasteiger partial charge in [0, 0.05) is 37.6 Å². The van der Waals surface area contributed by atoms with Gasteiger partial charge in [-0.15, -0.1) is 0 Å². The standard InChI is InChI=1S/C19H23N3O2/c1-20-19(24)15-6-4-12-22(13-15)18(23)11-10-16-9-8-14-5-2-3-7-17(14)21-16/h2-3,5,7-9,15H,4,6,10-13H2,1H3,(H,20,24). The Morgan fingerprint density at radius 3 is 2.92 bits per heavy atom. The molecule has 126 valence electrons. The van der Waals surface area contributed by atoms with Crippen LogP contribution in [0.3, 0.4) is 0 Å². The smallest absolute Gasteiger partial charge is 0.224 e. The summed E-state index contributed by atoms with van der Waals surface area (Å²) in [5.41, 5.74) is 1.89. The number of aryl methyl sites for hydroxylation is 1. The van der Waals surface area contributed by atoms with Gasteiger partial charge in [0.15, 0.2) is 0 Å². The van der Waals surface area contributed by atoms with Crippen molar-refractivity contribution in [3.63, 3.8) is 0 Å². The van der Waals surface area contributed by atoms with E-state index in [1.54, 1.807) is 7.05 Å². The second-order valence-corrected chi connectivity index (χ2v) is 6.29. The molecule has 1 aromatic carbocycles. The molecule has 1 aliphatic rings. The van der Waals surface area contributed by atoms with Crippen LogP contribution >= 0.6 is 0 Å². The molecule has 24 heavy (non-hydrogen) atoms. The van der Waals surface area contributed by atoms with Crippen LogP contribution in [0, 0.1) is 5.92 Å². The maximum Gasteiger partial charge on any atom is 0.224 e. The lowest BCUT2D eigenvalue weighted by Gasteiger charge is -2.31. The van der Waals surface area contributed by atoms with E-state index >= 15 is 0 Å². The molecule has 0 spiro atoms. The first kappa shape index (κ1) is 16.4. The number of carbonyl (C=O) groups is 2. The first-order chi connectivity index (χ1) is 11.7. The molecular weight excluding hydrogens is 302 g/mol. The SMILES string of the molecule is CNC(=O)C1CCCN(C(=O)CCc2ccc3ccccc3n2)C1. The zero-order chi connectivity index (χ0) is 16.9. The van der Waals surface area contributed by atoms with E-state index in [0.29, 0.717) is 19.4 Å². The Labute approximate surface area is 142 Å². The number of nitrogens with zero attached hydrogens (tertiary/aromatic N) is 2. The topological polar surface area (TPSA) is 62.3 Å². The molecule has 1 aliphatic heterocycles. The van der Waals surface area contributed by atoms with Gasteiger partial charge >= 0.3 is 0 Å². The van der Waals surface area contributed by atoms with Crippen molar-refractivity contribution in [2.45, 2.75) is 25.7 Å². The number of rotatable bonds is 4. The number of fused-ring (bicyclic) bond motifs is 1. The normalized spacial score (nSPS) is 17.7. The molecule has 0 saturated carbocycles. The monoisotopic (exact) mass is 325 g/mol. The number of aromatic nitrogens is 1. The third-order valence-electron chi connectivity index (χ3n) is 4.64. The lowest BCUT2D eigenvalue weighted by molar-refractivity contribution is -0.135. The third-order valence-corrected chi connectivity index (χ3v) is 4.64.